The fraction of sp³-hybridized carbons (Fsp3) is 0.667. The van der Waals surface area contributed by atoms with Crippen molar-refractivity contribution in [3.63, 3.8) is 0 Å². The second-order valence-corrected chi connectivity index (χ2v) is 6.89. The van der Waals surface area contributed by atoms with Crippen molar-refractivity contribution in [2.45, 2.75) is 59.7 Å². The second-order valence-electron chi connectivity index (χ2n) is 6.89. The van der Waals surface area contributed by atoms with E-state index in [2.05, 4.69) is 43.2 Å². The average molecular weight is 337 g/mol. The van der Waals surface area contributed by atoms with Crippen LogP contribution in [0.5, 0.6) is 0 Å². The standard InChI is InChI=1S/C18H31N3O3/c1-12(2)16(20-17(22)15-8-7-11-24-15)18(23)19-9-10-21(13(3)4)14(5)6/h7-8,11-14,16H,9-10H2,1-6H3,(H,19,23)(H,20,22). The first-order valence-electron chi connectivity index (χ1n) is 8.61. The molecule has 1 aromatic rings. The third-order valence-electron chi connectivity index (χ3n) is 3.98. The summed E-state index contributed by atoms with van der Waals surface area (Å²) in [6.45, 7) is 13.7. The average Bonchev–Trinajstić information content (AvgIpc) is 3.01. The Labute approximate surface area is 145 Å². The molecule has 2 N–H and O–H groups in total. The molecule has 6 heteroatoms. The maximum atomic E-state index is 12.4. The minimum Gasteiger partial charge on any atom is -0.459 e. The van der Waals surface area contributed by atoms with Crippen molar-refractivity contribution in [2.75, 3.05) is 13.1 Å². The Morgan fingerprint density at radius 1 is 1.12 bits per heavy atom. The van der Waals surface area contributed by atoms with Gasteiger partial charge in [0.15, 0.2) is 5.76 Å². The van der Waals surface area contributed by atoms with Crippen LogP contribution in [-0.2, 0) is 4.79 Å². The van der Waals surface area contributed by atoms with Gasteiger partial charge in [0.25, 0.3) is 5.91 Å². The van der Waals surface area contributed by atoms with E-state index in [1.54, 1.807) is 12.1 Å². The van der Waals surface area contributed by atoms with E-state index in [0.717, 1.165) is 6.54 Å². The molecule has 24 heavy (non-hydrogen) atoms. The first kappa shape index (κ1) is 20.2. The summed E-state index contributed by atoms with van der Waals surface area (Å²) < 4.78 is 5.07. The Hall–Kier alpha value is -1.82. The molecule has 6 nitrogen and oxygen atoms in total. The van der Waals surface area contributed by atoms with Gasteiger partial charge < -0.3 is 15.1 Å². The zero-order valence-electron chi connectivity index (χ0n) is 15.6. The summed E-state index contributed by atoms with van der Waals surface area (Å²) in [7, 11) is 0. The molecule has 136 valence electrons. The molecule has 1 atom stereocenters. The monoisotopic (exact) mass is 337 g/mol. The Bertz CT molecular complexity index is 502. The highest BCUT2D eigenvalue weighted by Gasteiger charge is 2.25. The lowest BCUT2D eigenvalue weighted by Crippen LogP contribution is -2.51. The van der Waals surface area contributed by atoms with Gasteiger partial charge in [0.05, 0.1) is 6.26 Å². The molecule has 0 saturated heterocycles. The Morgan fingerprint density at radius 2 is 1.75 bits per heavy atom. The number of rotatable bonds is 9. The SMILES string of the molecule is CC(C)C(NC(=O)c1ccco1)C(=O)NCCN(C(C)C)C(C)C. The Balaban J connectivity index is 2.56. The summed E-state index contributed by atoms with van der Waals surface area (Å²) >= 11 is 0. The molecule has 1 rings (SSSR count). The number of hydrogen-bond acceptors (Lipinski definition) is 4. The van der Waals surface area contributed by atoms with E-state index in [1.807, 2.05) is 13.8 Å². The fourth-order valence-electron chi connectivity index (χ4n) is 2.69. The summed E-state index contributed by atoms with van der Waals surface area (Å²) in [6, 6.07) is 3.47. The minimum absolute atomic E-state index is 0.0183. The van der Waals surface area contributed by atoms with Crippen LogP contribution in [0.25, 0.3) is 0 Å². The number of carbonyl (C=O) groups excluding carboxylic acids is 2. The van der Waals surface area contributed by atoms with Crippen LogP contribution in [0.2, 0.25) is 0 Å². The molecule has 0 radical (unpaired) electrons. The van der Waals surface area contributed by atoms with Gasteiger partial charge in [-0.1, -0.05) is 13.8 Å². The van der Waals surface area contributed by atoms with E-state index in [1.165, 1.54) is 6.26 Å². The highest BCUT2D eigenvalue weighted by atomic mass is 16.3. The van der Waals surface area contributed by atoms with Crippen molar-refractivity contribution in [1.82, 2.24) is 15.5 Å². The minimum atomic E-state index is -0.589. The molecule has 0 aliphatic rings. The van der Waals surface area contributed by atoms with Gasteiger partial charge in [0.2, 0.25) is 5.91 Å². The Morgan fingerprint density at radius 3 is 2.21 bits per heavy atom. The lowest BCUT2D eigenvalue weighted by Gasteiger charge is -2.31. The fourth-order valence-corrected chi connectivity index (χ4v) is 2.69. The van der Waals surface area contributed by atoms with Gasteiger partial charge in [-0.3, -0.25) is 14.5 Å². The molecule has 0 aliphatic heterocycles. The van der Waals surface area contributed by atoms with Crippen molar-refractivity contribution >= 4 is 11.8 Å². The summed E-state index contributed by atoms with van der Waals surface area (Å²) in [5, 5.41) is 5.67. The van der Waals surface area contributed by atoms with Gasteiger partial charge in [-0.15, -0.1) is 0 Å². The number of hydrogen-bond donors (Lipinski definition) is 2. The topological polar surface area (TPSA) is 74.6 Å². The van der Waals surface area contributed by atoms with Crippen molar-refractivity contribution in [1.29, 1.82) is 0 Å². The maximum Gasteiger partial charge on any atom is 0.287 e. The zero-order valence-corrected chi connectivity index (χ0v) is 15.6. The van der Waals surface area contributed by atoms with Gasteiger partial charge in [0.1, 0.15) is 6.04 Å². The quantitative estimate of drug-likeness (QED) is 0.725. The van der Waals surface area contributed by atoms with Gasteiger partial charge in [-0.05, 0) is 45.7 Å². The molecule has 0 aliphatic carbocycles. The first-order valence-corrected chi connectivity index (χ1v) is 8.61. The third kappa shape index (κ3) is 6.00. The van der Waals surface area contributed by atoms with Crippen LogP contribution >= 0.6 is 0 Å². The first-order chi connectivity index (χ1) is 11.2. The highest BCUT2D eigenvalue weighted by molar-refractivity contribution is 5.95. The van der Waals surface area contributed by atoms with E-state index in [4.69, 9.17) is 4.42 Å². The van der Waals surface area contributed by atoms with Crippen molar-refractivity contribution in [3.05, 3.63) is 24.2 Å². The van der Waals surface area contributed by atoms with Crippen molar-refractivity contribution in [3.8, 4) is 0 Å². The normalized spacial score (nSPS) is 12.9. The lowest BCUT2D eigenvalue weighted by atomic mass is 10.0. The molecule has 0 saturated carbocycles. The number of nitrogens with one attached hydrogen (secondary N) is 2. The molecular formula is C18H31N3O3. The van der Waals surface area contributed by atoms with E-state index in [-0.39, 0.29) is 23.5 Å². The molecule has 1 unspecified atom stereocenters. The maximum absolute atomic E-state index is 12.4. The largest absolute Gasteiger partial charge is 0.459 e. The van der Waals surface area contributed by atoms with E-state index < -0.39 is 6.04 Å². The molecule has 0 bridgehead atoms. The summed E-state index contributed by atoms with van der Waals surface area (Å²) in [5.74, 6) is -0.355. The molecule has 1 aromatic heterocycles. The van der Waals surface area contributed by atoms with Gasteiger partial charge in [0, 0.05) is 25.2 Å². The van der Waals surface area contributed by atoms with Gasteiger partial charge >= 0.3 is 0 Å². The number of nitrogens with zero attached hydrogens (tertiary/aromatic N) is 1. The molecule has 1 heterocycles. The molecular weight excluding hydrogens is 306 g/mol. The third-order valence-corrected chi connectivity index (χ3v) is 3.98. The van der Waals surface area contributed by atoms with Crippen LogP contribution in [-0.4, -0.2) is 47.9 Å². The molecule has 0 fully saturated rings. The van der Waals surface area contributed by atoms with Crippen LogP contribution < -0.4 is 10.6 Å². The smallest absolute Gasteiger partial charge is 0.287 e. The van der Waals surface area contributed by atoms with Crippen LogP contribution in [0.1, 0.15) is 52.1 Å². The van der Waals surface area contributed by atoms with Crippen LogP contribution in [0.15, 0.2) is 22.8 Å². The lowest BCUT2D eigenvalue weighted by molar-refractivity contribution is -0.124. The van der Waals surface area contributed by atoms with E-state index in [9.17, 15) is 9.59 Å². The van der Waals surface area contributed by atoms with Crippen molar-refractivity contribution < 1.29 is 14.0 Å². The molecule has 2 amide bonds. The van der Waals surface area contributed by atoms with Crippen LogP contribution in [0.3, 0.4) is 0 Å². The number of carbonyl (C=O) groups is 2. The van der Waals surface area contributed by atoms with Crippen LogP contribution in [0, 0.1) is 5.92 Å². The van der Waals surface area contributed by atoms with Gasteiger partial charge in [-0.25, -0.2) is 0 Å². The van der Waals surface area contributed by atoms with Crippen LogP contribution in [0.4, 0.5) is 0 Å². The predicted molar refractivity (Wildman–Crippen MR) is 94.8 cm³/mol. The second kappa shape index (κ2) is 9.47. The summed E-state index contributed by atoms with van der Waals surface area (Å²) in [4.78, 5) is 26.8. The number of furan rings is 1. The summed E-state index contributed by atoms with van der Waals surface area (Å²) in [6.07, 6.45) is 1.44. The Kier molecular flexibility index (Phi) is 7.98. The summed E-state index contributed by atoms with van der Waals surface area (Å²) in [5.41, 5.74) is 0. The van der Waals surface area contributed by atoms with E-state index in [0.29, 0.717) is 18.6 Å². The number of amides is 2. The predicted octanol–water partition coefficient (Wildman–Crippen LogP) is 2.27. The zero-order chi connectivity index (χ0) is 18.3. The molecule has 0 aromatic carbocycles. The highest BCUT2D eigenvalue weighted by Crippen LogP contribution is 2.07. The van der Waals surface area contributed by atoms with Crippen molar-refractivity contribution in [2.24, 2.45) is 5.92 Å². The van der Waals surface area contributed by atoms with Gasteiger partial charge in [-0.2, -0.15) is 0 Å². The van der Waals surface area contributed by atoms with E-state index >= 15 is 0 Å². The molecule has 0 spiro atoms.